The number of nitrogens with one attached hydrogen (secondary N) is 1. The van der Waals surface area contributed by atoms with Gasteiger partial charge in [-0.05, 0) is 42.8 Å². The summed E-state index contributed by atoms with van der Waals surface area (Å²) in [6.07, 6.45) is 1.12. The Kier molecular flexibility index (Phi) is 3.50. The standard InChI is InChI=1S/C16H24N2O/c1-3-18-10-16(2,11-18)12-19-15-5-4-14-9-17-7-6-13(14)8-15/h4-5,8,17H,3,6-7,9-12H2,1-2H3. The van der Waals surface area contributed by atoms with Crippen molar-refractivity contribution in [3.63, 3.8) is 0 Å². The van der Waals surface area contributed by atoms with Gasteiger partial charge in [0.25, 0.3) is 0 Å². The van der Waals surface area contributed by atoms with Crippen LogP contribution in [0.15, 0.2) is 18.2 Å². The van der Waals surface area contributed by atoms with Crippen molar-refractivity contribution >= 4 is 0 Å². The zero-order chi connectivity index (χ0) is 13.3. The first kappa shape index (κ1) is 12.9. The molecule has 1 fully saturated rings. The van der Waals surface area contributed by atoms with Gasteiger partial charge in [0, 0.05) is 25.0 Å². The molecular weight excluding hydrogens is 236 g/mol. The van der Waals surface area contributed by atoms with E-state index in [4.69, 9.17) is 4.74 Å². The molecule has 3 nitrogen and oxygen atoms in total. The Labute approximate surface area is 115 Å². The van der Waals surface area contributed by atoms with Gasteiger partial charge in [-0.25, -0.2) is 0 Å². The number of hydrogen-bond acceptors (Lipinski definition) is 3. The van der Waals surface area contributed by atoms with Crippen LogP contribution in [0.2, 0.25) is 0 Å². The average Bonchev–Trinajstić information content (AvgIpc) is 2.42. The first-order chi connectivity index (χ1) is 9.18. The molecule has 1 aromatic carbocycles. The van der Waals surface area contributed by atoms with Crippen molar-refractivity contribution in [2.24, 2.45) is 5.41 Å². The lowest BCUT2D eigenvalue weighted by molar-refractivity contribution is -0.0155. The molecule has 0 saturated carbocycles. The second-order valence-electron chi connectivity index (χ2n) is 6.26. The van der Waals surface area contributed by atoms with Crippen molar-refractivity contribution in [3.05, 3.63) is 29.3 Å². The summed E-state index contributed by atoms with van der Waals surface area (Å²) in [5.41, 5.74) is 3.21. The highest BCUT2D eigenvalue weighted by molar-refractivity contribution is 5.37. The number of nitrogens with zero attached hydrogens (tertiary/aromatic N) is 1. The molecule has 0 spiro atoms. The minimum atomic E-state index is 0.341. The van der Waals surface area contributed by atoms with E-state index in [-0.39, 0.29) is 0 Å². The van der Waals surface area contributed by atoms with Crippen molar-refractivity contribution in [2.45, 2.75) is 26.8 Å². The van der Waals surface area contributed by atoms with Crippen LogP contribution in [0.4, 0.5) is 0 Å². The molecule has 3 rings (SSSR count). The molecule has 0 amide bonds. The fraction of sp³-hybridized carbons (Fsp3) is 0.625. The molecule has 0 aliphatic carbocycles. The SMILES string of the molecule is CCN1CC(C)(COc2ccc3c(c2)CCNC3)C1. The van der Waals surface area contributed by atoms with Crippen LogP contribution >= 0.6 is 0 Å². The number of likely N-dealkylation sites (tertiary alicyclic amines) is 1. The summed E-state index contributed by atoms with van der Waals surface area (Å²) in [4.78, 5) is 2.46. The number of hydrogen-bond donors (Lipinski definition) is 1. The van der Waals surface area contributed by atoms with Crippen LogP contribution in [0.1, 0.15) is 25.0 Å². The third-order valence-corrected chi connectivity index (χ3v) is 4.31. The third-order valence-electron chi connectivity index (χ3n) is 4.31. The molecule has 0 atom stereocenters. The van der Waals surface area contributed by atoms with Crippen LogP contribution < -0.4 is 10.1 Å². The zero-order valence-corrected chi connectivity index (χ0v) is 12.0. The van der Waals surface area contributed by atoms with Crippen LogP contribution in [0.5, 0.6) is 5.75 Å². The molecule has 0 bridgehead atoms. The van der Waals surface area contributed by atoms with Gasteiger partial charge in [0.05, 0.1) is 6.61 Å². The number of fused-ring (bicyclic) bond motifs is 1. The molecule has 3 heteroatoms. The molecule has 104 valence electrons. The van der Waals surface area contributed by atoms with E-state index in [0.29, 0.717) is 5.41 Å². The van der Waals surface area contributed by atoms with Gasteiger partial charge in [0.2, 0.25) is 0 Å². The van der Waals surface area contributed by atoms with E-state index in [1.807, 2.05) is 0 Å². The van der Waals surface area contributed by atoms with Gasteiger partial charge >= 0.3 is 0 Å². The molecule has 1 saturated heterocycles. The van der Waals surface area contributed by atoms with Crippen molar-refractivity contribution in [1.82, 2.24) is 10.2 Å². The molecule has 1 aromatic rings. The second kappa shape index (κ2) is 5.14. The Morgan fingerprint density at radius 3 is 2.95 bits per heavy atom. The summed E-state index contributed by atoms with van der Waals surface area (Å²) in [5, 5.41) is 3.40. The van der Waals surface area contributed by atoms with Crippen LogP contribution in [-0.4, -0.2) is 37.7 Å². The quantitative estimate of drug-likeness (QED) is 0.897. The lowest BCUT2D eigenvalue weighted by Gasteiger charge is -2.47. The maximum atomic E-state index is 6.02. The van der Waals surface area contributed by atoms with Crippen molar-refractivity contribution in [2.75, 3.05) is 32.8 Å². The Morgan fingerprint density at radius 1 is 1.32 bits per heavy atom. The summed E-state index contributed by atoms with van der Waals surface area (Å²) in [5.74, 6) is 1.04. The summed E-state index contributed by atoms with van der Waals surface area (Å²) >= 11 is 0. The van der Waals surface area contributed by atoms with E-state index in [9.17, 15) is 0 Å². The van der Waals surface area contributed by atoms with Gasteiger partial charge in [-0.1, -0.05) is 19.9 Å². The van der Waals surface area contributed by atoms with E-state index in [2.05, 4.69) is 42.3 Å². The number of ether oxygens (including phenoxy) is 1. The van der Waals surface area contributed by atoms with Gasteiger partial charge in [-0.3, -0.25) is 0 Å². The van der Waals surface area contributed by atoms with Crippen LogP contribution in [0.3, 0.4) is 0 Å². The fourth-order valence-corrected chi connectivity index (χ4v) is 3.15. The molecule has 0 radical (unpaired) electrons. The Balaban J connectivity index is 1.58. The molecule has 1 N–H and O–H groups in total. The Hall–Kier alpha value is -1.06. The Morgan fingerprint density at radius 2 is 2.16 bits per heavy atom. The third kappa shape index (κ3) is 2.77. The zero-order valence-electron chi connectivity index (χ0n) is 12.0. The van der Waals surface area contributed by atoms with Crippen molar-refractivity contribution in [1.29, 1.82) is 0 Å². The summed E-state index contributed by atoms with van der Waals surface area (Å²) in [6.45, 7) is 10.9. The van der Waals surface area contributed by atoms with Crippen molar-refractivity contribution < 1.29 is 4.74 Å². The number of benzene rings is 1. The monoisotopic (exact) mass is 260 g/mol. The van der Waals surface area contributed by atoms with E-state index < -0.39 is 0 Å². The average molecular weight is 260 g/mol. The highest BCUT2D eigenvalue weighted by Gasteiger charge is 2.38. The fourth-order valence-electron chi connectivity index (χ4n) is 3.15. The molecule has 2 aliphatic heterocycles. The van der Waals surface area contributed by atoms with Crippen LogP contribution in [-0.2, 0) is 13.0 Å². The number of rotatable bonds is 4. The van der Waals surface area contributed by atoms with E-state index in [1.54, 1.807) is 0 Å². The largest absolute Gasteiger partial charge is 0.493 e. The first-order valence-electron chi connectivity index (χ1n) is 7.36. The molecule has 19 heavy (non-hydrogen) atoms. The minimum absolute atomic E-state index is 0.341. The van der Waals surface area contributed by atoms with E-state index in [0.717, 1.165) is 38.4 Å². The highest BCUT2D eigenvalue weighted by atomic mass is 16.5. The van der Waals surface area contributed by atoms with E-state index in [1.165, 1.54) is 24.2 Å². The second-order valence-corrected chi connectivity index (χ2v) is 6.26. The van der Waals surface area contributed by atoms with Gasteiger partial charge < -0.3 is 15.0 Å². The molecular formula is C16H24N2O. The summed E-state index contributed by atoms with van der Waals surface area (Å²) in [6, 6.07) is 6.56. The van der Waals surface area contributed by atoms with Crippen LogP contribution in [0.25, 0.3) is 0 Å². The smallest absolute Gasteiger partial charge is 0.119 e. The maximum absolute atomic E-state index is 6.02. The van der Waals surface area contributed by atoms with E-state index >= 15 is 0 Å². The van der Waals surface area contributed by atoms with Crippen molar-refractivity contribution in [3.8, 4) is 5.75 Å². The maximum Gasteiger partial charge on any atom is 0.119 e. The topological polar surface area (TPSA) is 24.5 Å². The lowest BCUT2D eigenvalue weighted by Crippen LogP contribution is -2.57. The highest BCUT2D eigenvalue weighted by Crippen LogP contribution is 2.30. The normalized spacial score (nSPS) is 21.6. The molecule has 2 heterocycles. The van der Waals surface area contributed by atoms with Crippen LogP contribution in [0, 0.1) is 5.41 Å². The summed E-state index contributed by atoms with van der Waals surface area (Å²) in [7, 11) is 0. The molecule has 0 unspecified atom stereocenters. The predicted molar refractivity (Wildman–Crippen MR) is 77.6 cm³/mol. The molecule has 0 aromatic heterocycles. The van der Waals surface area contributed by atoms with Gasteiger partial charge in [0.15, 0.2) is 0 Å². The Bertz CT molecular complexity index is 452. The minimum Gasteiger partial charge on any atom is -0.493 e. The van der Waals surface area contributed by atoms with Gasteiger partial charge in [-0.2, -0.15) is 0 Å². The molecule has 2 aliphatic rings. The lowest BCUT2D eigenvalue weighted by atomic mass is 9.83. The predicted octanol–water partition coefficient (Wildman–Crippen LogP) is 2.05. The van der Waals surface area contributed by atoms with Gasteiger partial charge in [0.1, 0.15) is 5.75 Å². The summed E-state index contributed by atoms with van der Waals surface area (Å²) < 4.78 is 6.02. The first-order valence-corrected chi connectivity index (χ1v) is 7.36. The van der Waals surface area contributed by atoms with Gasteiger partial charge in [-0.15, -0.1) is 0 Å².